The third kappa shape index (κ3) is 2.34. The van der Waals surface area contributed by atoms with E-state index in [0.717, 1.165) is 5.56 Å². The van der Waals surface area contributed by atoms with Crippen molar-refractivity contribution in [1.82, 2.24) is 4.98 Å². The Kier molecular flexibility index (Phi) is 3.26. The van der Waals surface area contributed by atoms with Gasteiger partial charge in [0.05, 0.1) is 0 Å². The second-order valence-corrected chi connectivity index (χ2v) is 2.42. The van der Waals surface area contributed by atoms with Crippen LogP contribution in [0.5, 0.6) is 0 Å². The molecule has 1 unspecified atom stereocenters. The summed E-state index contributed by atoms with van der Waals surface area (Å²) >= 11 is 0. The monoisotopic (exact) mass is 164 g/mol. The highest BCUT2D eigenvalue weighted by atomic mass is 16.5. The fraction of sp³-hybridized carbons (Fsp3) is 0.333. The number of aliphatic imine (C=N–C) groups is 1. The largest absolute Gasteiger partial charge is 0.476 e. The Morgan fingerprint density at radius 1 is 1.50 bits per heavy atom. The van der Waals surface area contributed by atoms with E-state index < -0.39 is 0 Å². The lowest BCUT2D eigenvalue weighted by atomic mass is 10.2. The zero-order valence-corrected chi connectivity index (χ0v) is 7.27. The minimum Gasteiger partial charge on any atom is -0.476 e. The molecule has 1 aromatic heterocycles. The first-order valence-electron chi connectivity index (χ1n) is 3.80. The lowest BCUT2D eigenvalue weighted by Gasteiger charge is -2.09. The molecule has 0 radical (unpaired) electrons. The Balaban J connectivity index is 2.59. The Morgan fingerprint density at radius 2 is 2.17 bits per heavy atom. The minimum absolute atomic E-state index is 0.0386. The lowest BCUT2D eigenvalue weighted by molar-refractivity contribution is 0.225. The maximum atomic E-state index is 5.26. The van der Waals surface area contributed by atoms with E-state index in [1.165, 1.54) is 6.40 Å². The molecule has 0 saturated heterocycles. The summed E-state index contributed by atoms with van der Waals surface area (Å²) in [5.74, 6) is 0. The van der Waals surface area contributed by atoms with Gasteiger partial charge >= 0.3 is 0 Å². The van der Waals surface area contributed by atoms with Crippen LogP contribution in [0.25, 0.3) is 0 Å². The number of hydrogen-bond donors (Lipinski definition) is 0. The van der Waals surface area contributed by atoms with E-state index in [-0.39, 0.29) is 6.10 Å². The van der Waals surface area contributed by atoms with Crippen LogP contribution in [0.2, 0.25) is 0 Å². The minimum atomic E-state index is 0.0386. The number of ether oxygens (including phenoxy) is 1. The predicted molar refractivity (Wildman–Crippen MR) is 48.2 cm³/mol. The molecule has 64 valence electrons. The number of pyridine rings is 1. The topological polar surface area (TPSA) is 34.5 Å². The van der Waals surface area contributed by atoms with Crippen LogP contribution in [0.4, 0.5) is 0 Å². The molecule has 0 amide bonds. The van der Waals surface area contributed by atoms with Gasteiger partial charge in [-0.05, 0) is 24.6 Å². The maximum Gasteiger partial charge on any atom is 0.170 e. The Hall–Kier alpha value is -1.38. The molecule has 0 bridgehead atoms. The van der Waals surface area contributed by atoms with Crippen LogP contribution in [0.3, 0.4) is 0 Å². The van der Waals surface area contributed by atoms with Crippen molar-refractivity contribution in [2.24, 2.45) is 4.99 Å². The van der Waals surface area contributed by atoms with E-state index in [0.29, 0.717) is 0 Å². The van der Waals surface area contributed by atoms with Crippen LogP contribution >= 0.6 is 0 Å². The first-order valence-corrected chi connectivity index (χ1v) is 3.80. The third-order valence-electron chi connectivity index (χ3n) is 1.55. The average Bonchev–Trinajstić information content (AvgIpc) is 2.15. The molecule has 0 aliphatic heterocycles. The van der Waals surface area contributed by atoms with Gasteiger partial charge in [-0.2, -0.15) is 0 Å². The van der Waals surface area contributed by atoms with Gasteiger partial charge < -0.3 is 4.74 Å². The molecule has 3 nitrogen and oxygen atoms in total. The number of nitrogens with zero attached hydrogens (tertiary/aromatic N) is 2. The summed E-state index contributed by atoms with van der Waals surface area (Å²) in [5.41, 5.74) is 1.10. The van der Waals surface area contributed by atoms with Gasteiger partial charge in [0, 0.05) is 19.4 Å². The summed E-state index contributed by atoms with van der Waals surface area (Å²) < 4.78 is 5.26. The number of aromatic nitrogens is 1. The Labute approximate surface area is 72.1 Å². The van der Waals surface area contributed by atoms with Crippen LogP contribution in [0.15, 0.2) is 29.5 Å². The van der Waals surface area contributed by atoms with Crippen LogP contribution in [-0.2, 0) is 4.74 Å². The standard InChI is InChI=1S/C9H12N2O/c1-8(12-7-10-2)9-3-5-11-6-4-9/h3-8H,1-2H3. The van der Waals surface area contributed by atoms with E-state index in [1.807, 2.05) is 19.1 Å². The van der Waals surface area contributed by atoms with Gasteiger partial charge in [-0.15, -0.1) is 0 Å². The third-order valence-corrected chi connectivity index (χ3v) is 1.55. The average molecular weight is 164 g/mol. The molecule has 1 rings (SSSR count). The van der Waals surface area contributed by atoms with E-state index in [1.54, 1.807) is 19.4 Å². The fourth-order valence-electron chi connectivity index (χ4n) is 0.865. The molecular formula is C9H12N2O. The smallest absolute Gasteiger partial charge is 0.170 e. The van der Waals surface area contributed by atoms with Gasteiger partial charge in [-0.1, -0.05) is 0 Å². The lowest BCUT2D eigenvalue weighted by Crippen LogP contribution is -1.97. The molecule has 0 aromatic carbocycles. The van der Waals surface area contributed by atoms with E-state index in [2.05, 4.69) is 9.98 Å². The van der Waals surface area contributed by atoms with Crippen LogP contribution < -0.4 is 0 Å². The zero-order chi connectivity index (χ0) is 8.81. The van der Waals surface area contributed by atoms with Gasteiger partial charge in [-0.25, -0.2) is 0 Å². The summed E-state index contributed by atoms with van der Waals surface area (Å²) in [5, 5.41) is 0. The van der Waals surface area contributed by atoms with Crippen molar-refractivity contribution in [2.75, 3.05) is 7.05 Å². The van der Waals surface area contributed by atoms with Crippen molar-refractivity contribution in [3.8, 4) is 0 Å². The predicted octanol–water partition coefficient (Wildman–Crippen LogP) is 1.82. The SMILES string of the molecule is CN=COC(C)c1ccncc1. The highest BCUT2D eigenvalue weighted by Crippen LogP contribution is 2.13. The molecule has 1 aromatic rings. The van der Waals surface area contributed by atoms with Gasteiger partial charge in [0.1, 0.15) is 6.10 Å². The molecule has 12 heavy (non-hydrogen) atoms. The van der Waals surface area contributed by atoms with Crippen LogP contribution in [-0.4, -0.2) is 18.4 Å². The van der Waals surface area contributed by atoms with Gasteiger partial charge in [0.2, 0.25) is 0 Å². The van der Waals surface area contributed by atoms with Gasteiger partial charge in [0.25, 0.3) is 0 Å². The Morgan fingerprint density at radius 3 is 2.75 bits per heavy atom. The van der Waals surface area contributed by atoms with E-state index in [9.17, 15) is 0 Å². The molecule has 0 aliphatic rings. The van der Waals surface area contributed by atoms with E-state index >= 15 is 0 Å². The number of rotatable bonds is 3. The second-order valence-electron chi connectivity index (χ2n) is 2.42. The van der Waals surface area contributed by atoms with Crippen molar-refractivity contribution in [1.29, 1.82) is 0 Å². The summed E-state index contributed by atoms with van der Waals surface area (Å²) in [7, 11) is 1.68. The zero-order valence-electron chi connectivity index (χ0n) is 7.27. The first kappa shape index (κ1) is 8.71. The highest BCUT2D eigenvalue weighted by molar-refractivity contribution is 5.46. The molecule has 1 atom stereocenters. The van der Waals surface area contributed by atoms with Crippen molar-refractivity contribution in [3.05, 3.63) is 30.1 Å². The number of hydrogen-bond acceptors (Lipinski definition) is 3. The van der Waals surface area contributed by atoms with Crippen molar-refractivity contribution in [3.63, 3.8) is 0 Å². The molecule has 3 heteroatoms. The van der Waals surface area contributed by atoms with E-state index in [4.69, 9.17) is 4.74 Å². The normalized spacial score (nSPS) is 13.2. The first-order chi connectivity index (χ1) is 5.84. The molecule has 1 heterocycles. The van der Waals surface area contributed by atoms with Crippen LogP contribution in [0, 0.1) is 0 Å². The summed E-state index contributed by atoms with van der Waals surface area (Å²) in [6.07, 6.45) is 4.98. The fourth-order valence-corrected chi connectivity index (χ4v) is 0.865. The molecule has 0 N–H and O–H groups in total. The summed E-state index contributed by atoms with van der Waals surface area (Å²) in [6.45, 7) is 1.97. The quantitative estimate of drug-likeness (QED) is 0.504. The van der Waals surface area contributed by atoms with Crippen molar-refractivity contribution >= 4 is 6.40 Å². The maximum absolute atomic E-state index is 5.26. The summed E-state index contributed by atoms with van der Waals surface area (Å²) in [6, 6.07) is 3.85. The molecule has 0 aliphatic carbocycles. The van der Waals surface area contributed by atoms with Crippen molar-refractivity contribution in [2.45, 2.75) is 13.0 Å². The summed E-state index contributed by atoms with van der Waals surface area (Å²) in [4.78, 5) is 7.66. The molecule has 0 fully saturated rings. The van der Waals surface area contributed by atoms with Gasteiger partial charge in [-0.3, -0.25) is 9.98 Å². The Bertz CT molecular complexity index is 246. The molecular weight excluding hydrogens is 152 g/mol. The van der Waals surface area contributed by atoms with Crippen molar-refractivity contribution < 1.29 is 4.74 Å². The second kappa shape index (κ2) is 4.49. The molecule has 0 saturated carbocycles. The van der Waals surface area contributed by atoms with Crippen LogP contribution in [0.1, 0.15) is 18.6 Å². The highest BCUT2D eigenvalue weighted by Gasteiger charge is 2.02. The molecule has 0 spiro atoms. The van der Waals surface area contributed by atoms with Gasteiger partial charge in [0.15, 0.2) is 6.40 Å².